The highest BCUT2D eigenvalue weighted by atomic mass is 16.4. The molecule has 0 spiro atoms. The molecule has 1 rings (SSSR count). The number of aromatic hydroxyl groups is 2. The van der Waals surface area contributed by atoms with Crippen LogP contribution in [0.2, 0.25) is 0 Å². The molecule has 0 amide bonds. The molecule has 0 heterocycles. The Hall–Kier alpha value is -1.71. The molecule has 0 fully saturated rings. The van der Waals surface area contributed by atoms with Crippen LogP contribution in [-0.4, -0.2) is 21.3 Å². The molecular formula is C9H10O4. The van der Waals surface area contributed by atoms with E-state index in [1.54, 1.807) is 0 Å². The second kappa shape index (κ2) is 3.35. The molecule has 0 bridgehead atoms. The zero-order valence-electron chi connectivity index (χ0n) is 7.06. The Morgan fingerprint density at radius 2 is 2.00 bits per heavy atom. The van der Waals surface area contributed by atoms with Crippen LogP contribution in [0.5, 0.6) is 11.5 Å². The van der Waals surface area contributed by atoms with Crippen molar-refractivity contribution >= 4 is 5.97 Å². The van der Waals surface area contributed by atoms with Crippen molar-refractivity contribution in [3.63, 3.8) is 0 Å². The maximum absolute atomic E-state index is 10.6. The van der Waals surface area contributed by atoms with Gasteiger partial charge in [-0.25, -0.2) is 0 Å². The minimum absolute atomic E-state index is 0.0547. The Morgan fingerprint density at radius 3 is 2.54 bits per heavy atom. The summed E-state index contributed by atoms with van der Waals surface area (Å²) in [5, 5.41) is 27.0. The van der Waals surface area contributed by atoms with Gasteiger partial charge in [-0.15, -0.1) is 0 Å². The van der Waals surface area contributed by atoms with Gasteiger partial charge in [-0.3, -0.25) is 4.79 Å². The number of benzene rings is 1. The fourth-order valence-electron chi connectivity index (χ4n) is 1.02. The Bertz CT molecular complexity index is 332. The van der Waals surface area contributed by atoms with Crippen LogP contribution < -0.4 is 0 Å². The average molecular weight is 182 g/mol. The molecule has 3 N–H and O–H groups in total. The SMILES string of the molecule is CC(C(=O)O)c1cc(O)ccc1O. The van der Waals surface area contributed by atoms with Gasteiger partial charge in [0.1, 0.15) is 11.5 Å². The van der Waals surface area contributed by atoms with Gasteiger partial charge in [0, 0.05) is 5.56 Å². The summed E-state index contributed by atoms with van der Waals surface area (Å²) in [6.07, 6.45) is 0. The highest BCUT2D eigenvalue weighted by Crippen LogP contribution is 2.28. The maximum atomic E-state index is 10.6. The molecule has 0 aliphatic carbocycles. The van der Waals surface area contributed by atoms with Crippen LogP contribution >= 0.6 is 0 Å². The van der Waals surface area contributed by atoms with Gasteiger partial charge in [0.15, 0.2) is 0 Å². The molecule has 0 saturated heterocycles. The largest absolute Gasteiger partial charge is 0.508 e. The zero-order valence-corrected chi connectivity index (χ0v) is 7.06. The summed E-state index contributed by atoms with van der Waals surface area (Å²) in [5.41, 5.74) is 0.215. The Kier molecular flexibility index (Phi) is 2.41. The molecule has 1 unspecified atom stereocenters. The predicted octanol–water partition coefficient (Wildman–Crippen LogP) is 1.29. The first-order valence-electron chi connectivity index (χ1n) is 3.77. The summed E-state index contributed by atoms with van der Waals surface area (Å²) in [4.78, 5) is 10.6. The Morgan fingerprint density at radius 1 is 1.38 bits per heavy atom. The predicted molar refractivity (Wildman–Crippen MR) is 45.8 cm³/mol. The molecule has 1 aromatic rings. The van der Waals surface area contributed by atoms with Crippen molar-refractivity contribution in [1.82, 2.24) is 0 Å². The van der Waals surface area contributed by atoms with Gasteiger partial charge in [-0.2, -0.15) is 0 Å². The third-order valence-electron chi connectivity index (χ3n) is 1.85. The van der Waals surface area contributed by atoms with Gasteiger partial charge in [-0.05, 0) is 25.1 Å². The number of carboxylic acids is 1. The summed E-state index contributed by atoms with van der Waals surface area (Å²) in [6, 6.07) is 3.81. The van der Waals surface area contributed by atoms with Gasteiger partial charge in [0.05, 0.1) is 5.92 Å². The highest BCUT2D eigenvalue weighted by molar-refractivity contribution is 5.76. The summed E-state index contributed by atoms with van der Waals surface area (Å²) in [6.45, 7) is 1.44. The van der Waals surface area contributed by atoms with E-state index in [1.807, 2.05) is 0 Å². The van der Waals surface area contributed by atoms with E-state index in [9.17, 15) is 9.90 Å². The summed E-state index contributed by atoms with van der Waals surface area (Å²) >= 11 is 0. The number of phenolic OH excluding ortho intramolecular Hbond substituents is 2. The second-order valence-corrected chi connectivity index (χ2v) is 2.80. The normalized spacial score (nSPS) is 12.4. The van der Waals surface area contributed by atoms with E-state index >= 15 is 0 Å². The molecule has 70 valence electrons. The van der Waals surface area contributed by atoms with E-state index in [4.69, 9.17) is 10.2 Å². The molecule has 4 heteroatoms. The number of hydrogen-bond donors (Lipinski definition) is 3. The van der Waals surface area contributed by atoms with Gasteiger partial charge in [0.2, 0.25) is 0 Å². The number of phenols is 2. The van der Waals surface area contributed by atoms with Crippen molar-refractivity contribution in [2.24, 2.45) is 0 Å². The van der Waals surface area contributed by atoms with Crippen molar-refractivity contribution in [2.75, 3.05) is 0 Å². The van der Waals surface area contributed by atoms with Crippen LogP contribution in [0.4, 0.5) is 0 Å². The fraction of sp³-hybridized carbons (Fsp3) is 0.222. The molecule has 0 radical (unpaired) electrons. The molecule has 4 nitrogen and oxygen atoms in total. The molecule has 1 atom stereocenters. The molecule has 13 heavy (non-hydrogen) atoms. The van der Waals surface area contributed by atoms with Crippen LogP contribution in [-0.2, 0) is 4.79 Å². The second-order valence-electron chi connectivity index (χ2n) is 2.80. The van der Waals surface area contributed by atoms with Crippen molar-refractivity contribution in [2.45, 2.75) is 12.8 Å². The minimum Gasteiger partial charge on any atom is -0.508 e. The smallest absolute Gasteiger partial charge is 0.310 e. The minimum atomic E-state index is -1.04. The van der Waals surface area contributed by atoms with Crippen LogP contribution in [0.1, 0.15) is 18.4 Å². The molecule has 1 aromatic carbocycles. The molecule has 0 aromatic heterocycles. The third kappa shape index (κ3) is 1.90. The lowest BCUT2D eigenvalue weighted by atomic mass is 10.0. The van der Waals surface area contributed by atoms with E-state index < -0.39 is 11.9 Å². The lowest BCUT2D eigenvalue weighted by Gasteiger charge is -2.08. The van der Waals surface area contributed by atoms with Gasteiger partial charge in [0.25, 0.3) is 0 Å². The van der Waals surface area contributed by atoms with Crippen LogP contribution in [0.15, 0.2) is 18.2 Å². The lowest BCUT2D eigenvalue weighted by Crippen LogP contribution is -2.07. The first-order chi connectivity index (χ1) is 6.02. The number of hydrogen-bond acceptors (Lipinski definition) is 3. The summed E-state index contributed by atoms with van der Waals surface area (Å²) < 4.78 is 0. The zero-order chi connectivity index (χ0) is 10.0. The first kappa shape index (κ1) is 9.38. The molecular weight excluding hydrogens is 172 g/mol. The number of rotatable bonds is 2. The summed E-state index contributed by atoms with van der Waals surface area (Å²) in [5.74, 6) is -2.04. The molecule has 0 aliphatic rings. The van der Waals surface area contributed by atoms with Crippen molar-refractivity contribution in [3.05, 3.63) is 23.8 Å². The number of carbonyl (C=O) groups is 1. The van der Waals surface area contributed by atoms with Crippen LogP contribution in [0.25, 0.3) is 0 Å². The van der Waals surface area contributed by atoms with E-state index in [0.717, 1.165) is 0 Å². The molecule has 0 saturated carbocycles. The van der Waals surface area contributed by atoms with Gasteiger partial charge < -0.3 is 15.3 Å². The number of aliphatic carboxylic acids is 1. The van der Waals surface area contributed by atoms with E-state index in [0.29, 0.717) is 0 Å². The van der Waals surface area contributed by atoms with E-state index in [1.165, 1.54) is 25.1 Å². The van der Waals surface area contributed by atoms with E-state index in [-0.39, 0.29) is 17.1 Å². The van der Waals surface area contributed by atoms with Gasteiger partial charge in [-0.1, -0.05) is 0 Å². The van der Waals surface area contributed by atoms with Crippen LogP contribution in [0.3, 0.4) is 0 Å². The lowest BCUT2D eigenvalue weighted by molar-refractivity contribution is -0.138. The number of carboxylic acid groups (broad SMARTS) is 1. The topological polar surface area (TPSA) is 77.8 Å². The summed E-state index contributed by atoms with van der Waals surface area (Å²) in [7, 11) is 0. The quantitative estimate of drug-likeness (QED) is 0.602. The Balaban J connectivity index is 3.12. The van der Waals surface area contributed by atoms with Crippen molar-refractivity contribution in [1.29, 1.82) is 0 Å². The van der Waals surface area contributed by atoms with Gasteiger partial charge >= 0.3 is 5.97 Å². The van der Waals surface area contributed by atoms with E-state index in [2.05, 4.69) is 0 Å². The maximum Gasteiger partial charge on any atom is 0.310 e. The highest BCUT2D eigenvalue weighted by Gasteiger charge is 2.17. The fourth-order valence-corrected chi connectivity index (χ4v) is 1.02. The monoisotopic (exact) mass is 182 g/mol. The third-order valence-corrected chi connectivity index (χ3v) is 1.85. The Labute approximate surface area is 75.1 Å². The average Bonchev–Trinajstić information content (AvgIpc) is 2.08. The van der Waals surface area contributed by atoms with Crippen molar-refractivity contribution < 1.29 is 20.1 Å². The standard InChI is InChI=1S/C9H10O4/c1-5(9(12)13)7-4-6(10)2-3-8(7)11/h2-5,10-11H,1H3,(H,12,13). The van der Waals surface area contributed by atoms with Crippen molar-refractivity contribution in [3.8, 4) is 11.5 Å². The van der Waals surface area contributed by atoms with Crippen LogP contribution in [0, 0.1) is 0 Å². The molecule has 0 aliphatic heterocycles. The first-order valence-corrected chi connectivity index (χ1v) is 3.77.